The average Bonchev–Trinajstić information content (AvgIpc) is 2.28. The van der Waals surface area contributed by atoms with Gasteiger partial charge in [-0.1, -0.05) is 0 Å². The lowest BCUT2D eigenvalue weighted by atomic mass is 10.1. The summed E-state index contributed by atoms with van der Waals surface area (Å²) in [4.78, 5) is 17.4. The van der Waals surface area contributed by atoms with Crippen molar-refractivity contribution in [1.82, 2.24) is 4.98 Å². The lowest BCUT2D eigenvalue weighted by molar-refractivity contribution is -0.136. The molecule has 1 amide bonds. The van der Waals surface area contributed by atoms with Gasteiger partial charge in [0.05, 0.1) is 0 Å². The largest absolute Gasteiger partial charge is 0.369 e. The van der Waals surface area contributed by atoms with Crippen LogP contribution < -0.4 is 4.90 Å². The van der Waals surface area contributed by atoms with Gasteiger partial charge >= 0.3 is 0 Å². The molecule has 0 radical (unpaired) electrons. The van der Waals surface area contributed by atoms with Crippen molar-refractivity contribution in [2.75, 3.05) is 19.1 Å². The summed E-state index contributed by atoms with van der Waals surface area (Å²) < 4.78 is 5.14. The van der Waals surface area contributed by atoms with E-state index in [-0.39, 0.29) is 5.91 Å². The van der Waals surface area contributed by atoms with Crippen molar-refractivity contribution in [1.29, 1.82) is 0 Å². The molecule has 4 heteroatoms. The van der Waals surface area contributed by atoms with Crippen molar-refractivity contribution >= 4 is 11.6 Å². The van der Waals surface area contributed by atoms with Crippen LogP contribution in [0.2, 0.25) is 0 Å². The molecule has 0 bridgehead atoms. The number of likely N-dealkylation sites (N-methyl/N-ethyl adjacent to an activating group) is 1. The Balaban J connectivity index is 2.87. The monoisotopic (exact) mass is 208 g/mol. The number of nitrogens with zero attached hydrogens (tertiary/aromatic N) is 2. The standard InChI is InChI=1S/C11H16N2O2/c1-11(2,15-4)10(14)13(3)9-5-7-12-8-6-9/h5-8H,1-4H3. The molecule has 0 saturated heterocycles. The normalized spacial score (nSPS) is 11.2. The SMILES string of the molecule is COC(C)(C)C(=O)N(C)c1ccncc1. The fourth-order valence-corrected chi connectivity index (χ4v) is 1.18. The molecule has 4 nitrogen and oxygen atoms in total. The fourth-order valence-electron chi connectivity index (χ4n) is 1.18. The maximum absolute atomic E-state index is 12.0. The van der Waals surface area contributed by atoms with Crippen LogP contribution in [0.25, 0.3) is 0 Å². The second kappa shape index (κ2) is 4.40. The number of aromatic nitrogens is 1. The summed E-state index contributed by atoms with van der Waals surface area (Å²) in [5.41, 5.74) is -0.00185. The van der Waals surface area contributed by atoms with Crippen LogP contribution in [0.3, 0.4) is 0 Å². The van der Waals surface area contributed by atoms with Crippen LogP contribution in [0.15, 0.2) is 24.5 Å². The molecule has 0 aliphatic heterocycles. The summed E-state index contributed by atoms with van der Waals surface area (Å²) in [7, 11) is 3.25. The average molecular weight is 208 g/mol. The summed E-state index contributed by atoms with van der Waals surface area (Å²) in [6, 6.07) is 3.56. The van der Waals surface area contributed by atoms with Crippen molar-refractivity contribution < 1.29 is 9.53 Å². The van der Waals surface area contributed by atoms with Gasteiger partial charge < -0.3 is 9.64 Å². The Bertz CT molecular complexity index is 336. The molecule has 0 fully saturated rings. The van der Waals surface area contributed by atoms with Crippen molar-refractivity contribution in [2.45, 2.75) is 19.4 Å². The second-order valence-electron chi connectivity index (χ2n) is 3.78. The molecule has 1 rings (SSSR count). The lowest BCUT2D eigenvalue weighted by Crippen LogP contribution is -2.44. The number of amides is 1. The van der Waals surface area contributed by atoms with Crippen molar-refractivity contribution in [3.63, 3.8) is 0 Å². The van der Waals surface area contributed by atoms with E-state index in [0.29, 0.717) is 0 Å². The molecule has 0 N–H and O–H groups in total. The summed E-state index contributed by atoms with van der Waals surface area (Å²) >= 11 is 0. The number of hydrogen-bond acceptors (Lipinski definition) is 3. The van der Waals surface area contributed by atoms with Gasteiger partial charge in [-0.25, -0.2) is 0 Å². The Morgan fingerprint density at radius 3 is 2.40 bits per heavy atom. The number of hydrogen-bond donors (Lipinski definition) is 0. The van der Waals surface area contributed by atoms with Gasteiger partial charge in [-0.15, -0.1) is 0 Å². The van der Waals surface area contributed by atoms with E-state index in [1.807, 2.05) is 0 Å². The van der Waals surface area contributed by atoms with Gasteiger partial charge in [-0.2, -0.15) is 0 Å². The minimum atomic E-state index is -0.808. The Morgan fingerprint density at radius 2 is 1.93 bits per heavy atom. The molecule has 0 saturated carbocycles. The van der Waals surface area contributed by atoms with Gasteiger partial charge in [0, 0.05) is 32.2 Å². The number of carbonyl (C=O) groups is 1. The maximum atomic E-state index is 12.0. The van der Waals surface area contributed by atoms with E-state index in [1.54, 1.807) is 50.3 Å². The minimum Gasteiger partial charge on any atom is -0.369 e. The first kappa shape index (κ1) is 11.7. The molecular formula is C11H16N2O2. The molecule has 0 aliphatic carbocycles. The minimum absolute atomic E-state index is 0.0869. The molecule has 0 unspecified atom stereocenters. The molecule has 0 aliphatic rings. The van der Waals surface area contributed by atoms with Crippen LogP contribution in [0, 0.1) is 0 Å². The first-order chi connectivity index (χ1) is 6.99. The smallest absolute Gasteiger partial charge is 0.258 e. The Hall–Kier alpha value is -1.42. The summed E-state index contributed by atoms with van der Waals surface area (Å²) in [5, 5.41) is 0. The number of rotatable bonds is 3. The third-order valence-electron chi connectivity index (χ3n) is 2.38. The summed E-state index contributed by atoms with van der Waals surface area (Å²) in [5.74, 6) is -0.0869. The van der Waals surface area contributed by atoms with Crippen LogP contribution in [0.5, 0.6) is 0 Å². The first-order valence-corrected chi connectivity index (χ1v) is 4.72. The van der Waals surface area contributed by atoms with E-state index in [4.69, 9.17) is 4.74 Å². The van der Waals surface area contributed by atoms with Gasteiger partial charge in [0.2, 0.25) is 0 Å². The fraction of sp³-hybridized carbons (Fsp3) is 0.455. The zero-order chi connectivity index (χ0) is 11.5. The Labute approximate surface area is 89.9 Å². The summed E-state index contributed by atoms with van der Waals surface area (Å²) in [6.45, 7) is 3.49. The maximum Gasteiger partial charge on any atom is 0.258 e. The third-order valence-corrected chi connectivity index (χ3v) is 2.38. The van der Waals surface area contributed by atoms with Crippen molar-refractivity contribution in [2.24, 2.45) is 0 Å². The van der Waals surface area contributed by atoms with Crippen LogP contribution in [-0.4, -0.2) is 30.6 Å². The molecule has 82 valence electrons. The quantitative estimate of drug-likeness (QED) is 0.755. The highest BCUT2D eigenvalue weighted by Gasteiger charge is 2.30. The lowest BCUT2D eigenvalue weighted by Gasteiger charge is -2.27. The van der Waals surface area contributed by atoms with E-state index in [1.165, 1.54) is 7.11 Å². The van der Waals surface area contributed by atoms with E-state index in [2.05, 4.69) is 4.98 Å². The predicted octanol–water partition coefficient (Wildman–Crippen LogP) is 1.47. The highest BCUT2D eigenvalue weighted by atomic mass is 16.5. The Morgan fingerprint density at radius 1 is 1.40 bits per heavy atom. The first-order valence-electron chi connectivity index (χ1n) is 4.72. The molecular weight excluding hydrogens is 192 g/mol. The van der Waals surface area contributed by atoms with Crippen LogP contribution in [0.1, 0.15) is 13.8 Å². The Kier molecular flexibility index (Phi) is 3.42. The van der Waals surface area contributed by atoms with E-state index < -0.39 is 5.60 Å². The zero-order valence-electron chi connectivity index (χ0n) is 9.52. The van der Waals surface area contributed by atoms with Gasteiger partial charge in [0.25, 0.3) is 5.91 Å². The van der Waals surface area contributed by atoms with E-state index in [0.717, 1.165) is 5.69 Å². The number of pyridine rings is 1. The zero-order valence-corrected chi connectivity index (χ0v) is 9.52. The number of carbonyl (C=O) groups excluding carboxylic acids is 1. The predicted molar refractivity (Wildman–Crippen MR) is 58.7 cm³/mol. The molecule has 0 spiro atoms. The van der Waals surface area contributed by atoms with Crippen LogP contribution >= 0.6 is 0 Å². The number of anilines is 1. The van der Waals surface area contributed by atoms with Gasteiger partial charge in [-0.05, 0) is 26.0 Å². The molecule has 1 aromatic heterocycles. The second-order valence-corrected chi connectivity index (χ2v) is 3.78. The van der Waals surface area contributed by atoms with E-state index >= 15 is 0 Å². The van der Waals surface area contributed by atoms with E-state index in [9.17, 15) is 4.79 Å². The molecule has 15 heavy (non-hydrogen) atoms. The number of methoxy groups -OCH3 is 1. The molecule has 1 aromatic rings. The van der Waals surface area contributed by atoms with Gasteiger partial charge in [0.1, 0.15) is 5.60 Å². The highest BCUT2D eigenvalue weighted by molar-refractivity contribution is 5.98. The van der Waals surface area contributed by atoms with Crippen LogP contribution in [-0.2, 0) is 9.53 Å². The van der Waals surface area contributed by atoms with Crippen LogP contribution in [0.4, 0.5) is 5.69 Å². The highest BCUT2D eigenvalue weighted by Crippen LogP contribution is 2.17. The molecule has 1 heterocycles. The van der Waals surface area contributed by atoms with Crippen molar-refractivity contribution in [3.8, 4) is 0 Å². The van der Waals surface area contributed by atoms with Gasteiger partial charge in [0.15, 0.2) is 0 Å². The third kappa shape index (κ3) is 2.53. The van der Waals surface area contributed by atoms with Crippen molar-refractivity contribution in [3.05, 3.63) is 24.5 Å². The molecule has 0 atom stereocenters. The summed E-state index contributed by atoms with van der Waals surface area (Å²) in [6.07, 6.45) is 3.30. The van der Waals surface area contributed by atoms with Gasteiger partial charge in [-0.3, -0.25) is 9.78 Å². The number of ether oxygens (including phenoxy) is 1. The molecule has 0 aromatic carbocycles. The topological polar surface area (TPSA) is 42.4 Å².